The Labute approximate surface area is 104 Å². The van der Waals surface area contributed by atoms with Gasteiger partial charge in [-0.2, -0.15) is 0 Å². The average molecular weight is 252 g/mol. The molecular formula is C12H16N2O4. The van der Waals surface area contributed by atoms with Gasteiger partial charge >= 0.3 is 5.97 Å². The molecule has 0 aliphatic rings. The summed E-state index contributed by atoms with van der Waals surface area (Å²) in [6.45, 7) is 0.374. The van der Waals surface area contributed by atoms with Crippen LogP contribution in [0, 0.1) is 0 Å². The molecule has 0 aliphatic heterocycles. The van der Waals surface area contributed by atoms with Crippen LogP contribution in [0.15, 0.2) is 24.3 Å². The first kappa shape index (κ1) is 14.0. The van der Waals surface area contributed by atoms with E-state index in [2.05, 4.69) is 5.32 Å². The number of carboxylic acid groups (broad SMARTS) is 1. The monoisotopic (exact) mass is 252 g/mol. The van der Waals surface area contributed by atoms with E-state index >= 15 is 0 Å². The molecule has 5 N–H and O–H groups in total. The number of carbonyl (C=O) groups is 2. The fraction of sp³-hybridized carbons (Fsp3) is 0.333. The molecule has 0 spiro atoms. The van der Waals surface area contributed by atoms with Crippen molar-refractivity contribution in [1.29, 1.82) is 0 Å². The van der Waals surface area contributed by atoms with Crippen molar-refractivity contribution in [2.45, 2.75) is 18.9 Å². The molecule has 0 saturated heterocycles. The number of nitrogens with two attached hydrogens (primary N) is 1. The maximum absolute atomic E-state index is 11.7. The topological polar surface area (TPSA) is 113 Å². The Morgan fingerprint density at radius 2 is 1.89 bits per heavy atom. The molecule has 6 nitrogen and oxygen atoms in total. The summed E-state index contributed by atoms with van der Waals surface area (Å²) in [7, 11) is 0. The number of carboxylic acids is 1. The number of aliphatic carboxylic acids is 1. The molecule has 0 heterocycles. The van der Waals surface area contributed by atoms with Gasteiger partial charge < -0.3 is 21.3 Å². The van der Waals surface area contributed by atoms with Crippen LogP contribution in [0.3, 0.4) is 0 Å². The van der Waals surface area contributed by atoms with E-state index in [1.165, 1.54) is 24.3 Å². The van der Waals surface area contributed by atoms with Gasteiger partial charge in [-0.1, -0.05) is 0 Å². The number of amides is 1. The molecule has 0 radical (unpaired) electrons. The van der Waals surface area contributed by atoms with Crippen molar-refractivity contribution < 1.29 is 19.8 Å². The van der Waals surface area contributed by atoms with Gasteiger partial charge in [0.1, 0.15) is 11.8 Å². The molecule has 1 amide bonds. The summed E-state index contributed by atoms with van der Waals surface area (Å²) in [5.41, 5.74) is 5.60. The van der Waals surface area contributed by atoms with E-state index in [1.807, 2.05) is 0 Å². The number of carbonyl (C=O) groups excluding carboxylic acids is 1. The summed E-state index contributed by atoms with van der Waals surface area (Å²) in [6, 6.07) is 4.63. The van der Waals surface area contributed by atoms with Gasteiger partial charge in [-0.15, -0.1) is 0 Å². The van der Waals surface area contributed by atoms with Crippen LogP contribution in [0.4, 0.5) is 0 Å². The Hall–Kier alpha value is -2.08. The van der Waals surface area contributed by atoms with Gasteiger partial charge in [0, 0.05) is 5.56 Å². The van der Waals surface area contributed by atoms with Crippen molar-refractivity contribution in [3.8, 4) is 5.75 Å². The molecule has 1 aromatic rings. The fourth-order valence-corrected chi connectivity index (χ4v) is 1.43. The van der Waals surface area contributed by atoms with Gasteiger partial charge in [0.2, 0.25) is 0 Å². The Kier molecular flexibility index (Phi) is 5.13. The number of nitrogens with one attached hydrogen (secondary N) is 1. The van der Waals surface area contributed by atoms with Crippen LogP contribution >= 0.6 is 0 Å². The van der Waals surface area contributed by atoms with E-state index in [0.29, 0.717) is 18.5 Å². The first-order chi connectivity index (χ1) is 8.54. The molecule has 6 heteroatoms. The van der Waals surface area contributed by atoms with Crippen molar-refractivity contribution in [2.24, 2.45) is 5.73 Å². The summed E-state index contributed by atoms with van der Waals surface area (Å²) >= 11 is 0. The first-order valence-corrected chi connectivity index (χ1v) is 5.57. The Balaban J connectivity index is 2.66. The first-order valence-electron chi connectivity index (χ1n) is 5.57. The Morgan fingerprint density at radius 1 is 1.28 bits per heavy atom. The third-order valence-electron chi connectivity index (χ3n) is 2.43. The third-order valence-corrected chi connectivity index (χ3v) is 2.43. The van der Waals surface area contributed by atoms with E-state index in [4.69, 9.17) is 15.9 Å². The Bertz CT molecular complexity index is 417. The highest BCUT2D eigenvalue weighted by molar-refractivity contribution is 5.96. The summed E-state index contributed by atoms with van der Waals surface area (Å²) in [5.74, 6) is -1.53. The van der Waals surface area contributed by atoms with Gasteiger partial charge in [0.25, 0.3) is 5.91 Å². The second-order valence-corrected chi connectivity index (χ2v) is 3.84. The molecule has 0 bridgehead atoms. The standard InChI is InChI=1S/C12H16N2O4/c13-7-1-2-10(12(17)18)14-11(16)8-3-5-9(15)6-4-8/h3-6,10,15H,1-2,7,13H2,(H,14,16)(H,17,18)/t10-/m0/s1. The van der Waals surface area contributed by atoms with Crippen molar-refractivity contribution >= 4 is 11.9 Å². The fourth-order valence-electron chi connectivity index (χ4n) is 1.43. The number of phenolic OH excluding ortho intramolecular Hbond substituents is 1. The van der Waals surface area contributed by atoms with Crippen LogP contribution in [0.1, 0.15) is 23.2 Å². The second kappa shape index (κ2) is 6.61. The Morgan fingerprint density at radius 3 is 2.39 bits per heavy atom. The van der Waals surface area contributed by atoms with Crippen LogP contribution in [-0.2, 0) is 4.79 Å². The van der Waals surface area contributed by atoms with Crippen LogP contribution in [0.25, 0.3) is 0 Å². The molecule has 0 saturated carbocycles. The smallest absolute Gasteiger partial charge is 0.326 e. The minimum Gasteiger partial charge on any atom is -0.508 e. The number of benzene rings is 1. The zero-order valence-electron chi connectivity index (χ0n) is 9.80. The molecule has 98 valence electrons. The van der Waals surface area contributed by atoms with Gasteiger partial charge in [0.15, 0.2) is 0 Å². The number of phenols is 1. The average Bonchev–Trinajstić information content (AvgIpc) is 2.34. The SMILES string of the molecule is NCCC[C@H](NC(=O)c1ccc(O)cc1)C(=O)O. The van der Waals surface area contributed by atoms with Gasteiger partial charge in [-0.25, -0.2) is 4.79 Å². The normalized spacial score (nSPS) is 11.8. The van der Waals surface area contributed by atoms with Gasteiger partial charge in [0.05, 0.1) is 0 Å². The van der Waals surface area contributed by atoms with Crippen LogP contribution < -0.4 is 11.1 Å². The van der Waals surface area contributed by atoms with Crippen molar-refractivity contribution in [2.75, 3.05) is 6.54 Å². The highest BCUT2D eigenvalue weighted by Gasteiger charge is 2.19. The summed E-state index contributed by atoms with van der Waals surface area (Å²) in [5, 5.41) is 20.4. The summed E-state index contributed by atoms with van der Waals surface area (Å²) < 4.78 is 0. The molecule has 1 aromatic carbocycles. The maximum Gasteiger partial charge on any atom is 0.326 e. The second-order valence-electron chi connectivity index (χ2n) is 3.84. The zero-order chi connectivity index (χ0) is 13.5. The largest absolute Gasteiger partial charge is 0.508 e. The van der Waals surface area contributed by atoms with E-state index in [9.17, 15) is 9.59 Å². The highest BCUT2D eigenvalue weighted by atomic mass is 16.4. The zero-order valence-corrected chi connectivity index (χ0v) is 9.80. The van der Waals surface area contributed by atoms with Crippen LogP contribution in [0.5, 0.6) is 5.75 Å². The van der Waals surface area contributed by atoms with E-state index in [1.54, 1.807) is 0 Å². The molecule has 1 rings (SSSR count). The lowest BCUT2D eigenvalue weighted by Crippen LogP contribution is -2.41. The van der Waals surface area contributed by atoms with E-state index in [0.717, 1.165) is 0 Å². The molecular weight excluding hydrogens is 236 g/mol. The van der Waals surface area contributed by atoms with E-state index in [-0.39, 0.29) is 12.2 Å². The molecule has 18 heavy (non-hydrogen) atoms. The number of hydrogen-bond acceptors (Lipinski definition) is 4. The number of hydrogen-bond donors (Lipinski definition) is 4. The number of aromatic hydroxyl groups is 1. The van der Waals surface area contributed by atoms with Crippen molar-refractivity contribution in [1.82, 2.24) is 5.32 Å². The quantitative estimate of drug-likeness (QED) is 0.582. The minimum absolute atomic E-state index is 0.0458. The number of rotatable bonds is 6. The summed E-state index contributed by atoms with van der Waals surface area (Å²) in [4.78, 5) is 22.7. The summed E-state index contributed by atoms with van der Waals surface area (Å²) in [6.07, 6.45) is 0.808. The molecule has 1 atom stereocenters. The maximum atomic E-state index is 11.7. The van der Waals surface area contributed by atoms with Crippen LogP contribution in [0.2, 0.25) is 0 Å². The molecule has 0 aromatic heterocycles. The van der Waals surface area contributed by atoms with Crippen molar-refractivity contribution in [3.63, 3.8) is 0 Å². The van der Waals surface area contributed by atoms with Gasteiger partial charge in [-0.3, -0.25) is 4.79 Å². The predicted molar refractivity (Wildman–Crippen MR) is 65.3 cm³/mol. The lowest BCUT2D eigenvalue weighted by molar-refractivity contribution is -0.139. The highest BCUT2D eigenvalue weighted by Crippen LogP contribution is 2.10. The van der Waals surface area contributed by atoms with Gasteiger partial charge in [-0.05, 0) is 43.7 Å². The lowest BCUT2D eigenvalue weighted by Gasteiger charge is -2.14. The van der Waals surface area contributed by atoms with Crippen molar-refractivity contribution in [3.05, 3.63) is 29.8 Å². The minimum atomic E-state index is -1.09. The predicted octanol–water partition coefficient (Wildman–Crippen LogP) is 0.314. The third kappa shape index (κ3) is 4.06. The lowest BCUT2D eigenvalue weighted by atomic mass is 10.1. The molecule has 0 fully saturated rings. The molecule has 0 aliphatic carbocycles. The van der Waals surface area contributed by atoms with Crippen LogP contribution in [-0.4, -0.2) is 34.7 Å². The van der Waals surface area contributed by atoms with E-state index < -0.39 is 17.9 Å². The molecule has 0 unspecified atom stereocenters.